The number of aliphatic imine (C=N–C) groups is 1. The lowest BCUT2D eigenvalue weighted by molar-refractivity contribution is -0.141. The van der Waals surface area contributed by atoms with Gasteiger partial charge < -0.3 is 10.1 Å². The Kier molecular flexibility index (Phi) is 5.69. The van der Waals surface area contributed by atoms with E-state index in [1.165, 1.54) is 14.2 Å². The molecule has 0 saturated carbocycles. The van der Waals surface area contributed by atoms with Crippen LogP contribution in [0.5, 0.6) is 0 Å². The van der Waals surface area contributed by atoms with Gasteiger partial charge >= 0.3 is 5.97 Å². The Morgan fingerprint density at radius 2 is 2.25 bits per heavy atom. The van der Waals surface area contributed by atoms with Crippen LogP contribution in [-0.4, -0.2) is 32.2 Å². The number of nitriles is 1. The molecule has 0 aliphatic rings. The molecule has 0 bridgehead atoms. The van der Waals surface area contributed by atoms with Gasteiger partial charge in [-0.1, -0.05) is 17.7 Å². The number of nitrogens with one attached hydrogen (secondary N) is 1. The largest absolute Gasteiger partial charge is 0.468 e. The summed E-state index contributed by atoms with van der Waals surface area (Å²) in [5.74, 6) is -2.19. The minimum Gasteiger partial charge on any atom is -0.468 e. The normalized spacial score (nSPS) is 11.7. The zero-order valence-corrected chi connectivity index (χ0v) is 11.6. The topological polar surface area (TPSA) is 91.5 Å². The van der Waals surface area contributed by atoms with Crippen LogP contribution in [0.15, 0.2) is 23.2 Å². The lowest BCUT2D eigenvalue weighted by atomic mass is 10.1. The Labute approximate surface area is 121 Å². The summed E-state index contributed by atoms with van der Waals surface area (Å²) in [5, 5.41) is 11.4. The van der Waals surface area contributed by atoms with Crippen molar-refractivity contribution in [3.8, 4) is 6.07 Å². The molecule has 1 N–H and O–H groups in total. The summed E-state index contributed by atoms with van der Waals surface area (Å²) in [6.45, 7) is 0. The molecule has 20 heavy (non-hydrogen) atoms. The molecule has 0 aliphatic carbocycles. The van der Waals surface area contributed by atoms with E-state index in [4.69, 9.17) is 16.9 Å². The van der Waals surface area contributed by atoms with Gasteiger partial charge in [-0.05, 0) is 12.1 Å². The first kappa shape index (κ1) is 15.7. The maximum absolute atomic E-state index is 11.6. The summed E-state index contributed by atoms with van der Waals surface area (Å²) in [6.07, 6.45) is 1.13. The summed E-state index contributed by atoms with van der Waals surface area (Å²) < 4.78 is 4.45. The second-order valence-corrected chi connectivity index (χ2v) is 4.00. The number of carbonyl (C=O) groups excluding carboxylic acids is 2. The van der Waals surface area contributed by atoms with Gasteiger partial charge in [0.2, 0.25) is 0 Å². The molecular weight excluding hydrogens is 282 g/mol. The van der Waals surface area contributed by atoms with E-state index in [1.54, 1.807) is 24.3 Å². The predicted octanol–water partition coefficient (Wildman–Crippen LogP) is 1.71. The second-order valence-electron chi connectivity index (χ2n) is 3.63. The van der Waals surface area contributed by atoms with E-state index in [0.29, 0.717) is 0 Å². The van der Waals surface area contributed by atoms with Gasteiger partial charge in [-0.3, -0.25) is 14.6 Å². The molecule has 0 fully saturated rings. The molecule has 7 heteroatoms. The number of nitrogens with zero attached hydrogens (tertiary/aromatic N) is 2. The van der Waals surface area contributed by atoms with E-state index in [1.807, 2.05) is 0 Å². The molecule has 1 aromatic carbocycles. The first-order valence-corrected chi connectivity index (χ1v) is 5.95. The third-order valence-electron chi connectivity index (χ3n) is 2.41. The van der Waals surface area contributed by atoms with Crippen LogP contribution in [0.25, 0.3) is 0 Å². The van der Waals surface area contributed by atoms with Gasteiger partial charge in [-0.15, -0.1) is 0 Å². The Bertz CT molecular complexity index is 593. The minimum atomic E-state index is -1.13. The number of methoxy groups -OCH3 is 1. The zero-order chi connectivity index (χ0) is 15.1. The first-order chi connectivity index (χ1) is 9.54. The van der Waals surface area contributed by atoms with E-state index < -0.39 is 11.9 Å². The van der Waals surface area contributed by atoms with Crippen molar-refractivity contribution in [2.75, 3.05) is 14.2 Å². The molecule has 0 heterocycles. The Balaban J connectivity index is 3.07. The summed E-state index contributed by atoms with van der Waals surface area (Å²) in [5.41, 5.74) is 0.548. The fraction of sp³-hybridized carbons (Fsp3) is 0.231. The van der Waals surface area contributed by atoms with Crippen molar-refractivity contribution in [2.24, 2.45) is 10.9 Å². The van der Waals surface area contributed by atoms with E-state index in [-0.39, 0.29) is 22.2 Å². The average molecular weight is 294 g/mol. The van der Waals surface area contributed by atoms with Crippen molar-refractivity contribution < 1.29 is 14.3 Å². The number of halogens is 1. The van der Waals surface area contributed by atoms with Crippen LogP contribution in [0.1, 0.15) is 10.4 Å². The van der Waals surface area contributed by atoms with Gasteiger partial charge in [0.05, 0.1) is 29.5 Å². The highest BCUT2D eigenvalue weighted by Gasteiger charge is 2.16. The molecule has 0 aromatic heterocycles. The number of ether oxygens (including phenoxy) is 1. The predicted molar refractivity (Wildman–Crippen MR) is 74.1 cm³/mol. The molecule has 6 nitrogen and oxygen atoms in total. The molecule has 0 spiro atoms. The first-order valence-electron chi connectivity index (χ1n) is 5.57. The molecule has 1 amide bonds. The van der Waals surface area contributed by atoms with Gasteiger partial charge in [-0.25, -0.2) is 0 Å². The summed E-state index contributed by atoms with van der Waals surface area (Å²) >= 11 is 6.05. The number of carbonyl (C=O) groups is 2. The quantitative estimate of drug-likeness (QED) is 0.676. The highest BCUT2D eigenvalue weighted by Crippen LogP contribution is 2.28. The monoisotopic (exact) mass is 293 g/mol. The number of rotatable bonds is 4. The van der Waals surface area contributed by atoms with Crippen LogP contribution >= 0.6 is 11.6 Å². The van der Waals surface area contributed by atoms with Crippen LogP contribution in [0.2, 0.25) is 5.02 Å². The van der Waals surface area contributed by atoms with Crippen molar-refractivity contribution in [3.63, 3.8) is 0 Å². The number of hydrogen-bond donors (Lipinski definition) is 1. The van der Waals surface area contributed by atoms with Crippen molar-refractivity contribution in [1.29, 1.82) is 5.26 Å². The maximum Gasteiger partial charge on any atom is 0.328 e. The molecule has 0 radical (unpaired) electrons. The van der Waals surface area contributed by atoms with Gasteiger partial charge in [-0.2, -0.15) is 5.26 Å². The third kappa shape index (κ3) is 3.56. The van der Waals surface area contributed by atoms with Crippen LogP contribution < -0.4 is 5.32 Å². The lowest BCUT2D eigenvalue weighted by Gasteiger charge is -2.05. The Morgan fingerprint density at radius 3 is 2.80 bits per heavy atom. The Hall–Kier alpha value is -2.39. The van der Waals surface area contributed by atoms with Crippen molar-refractivity contribution in [3.05, 3.63) is 28.8 Å². The SMILES string of the molecule is CNC(=O)c1cccc(N=CC(C#N)C(=O)OC)c1Cl. The molecule has 1 unspecified atom stereocenters. The van der Waals surface area contributed by atoms with Gasteiger partial charge in [0, 0.05) is 13.3 Å². The summed E-state index contributed by atoms with van der Waals surface area (Å²) in [7, 11) is 2.66. The number of esters is 1. The smallest absolute Gasteiger partial charge is 0.328 e. The van der Waals surface area contributed by atoms with E-state index in [9.17, 15) is 9.59 Å². The summed E-state index contributed by atoms with van der Waals surface area (Å²) in [4.78, 5) is 26.8. The minimum absolute atomic E-state index is 0.143. The molecule has 0 aliphatic heterocycles. The fourth-order valence-electron chi connectivity index (χ4n) is 1.36. The second kappa shape index (κ2) is 7.26. The lowest BCUT2D eigenvalue weighted by Crippen LogP contribution is -2.18. The zero-order valence-electron chi connectivity index (χ0n) is 10.9. The van der Waals surface area contributed by atoms with Crippen LogP contribution in [-0.2, 0) is 9.53 Å². The molecule has 1 aromatic rings. The van der Waals surface area contributed by atoms with E-state index >= 15 is 0 Å². The number of hydrogen-bond acceptors (Lipinski definition) is 5. The maximum atomic E-state index is 11.6. The van der Waals surface area contributed by atoms with Gasteiger partial charge in [0.1, 0.15) is 0 Å². The van der Waals surface area contributed by atoms with E-state index in [0.717, 1.165) is 6.21 Å². The van der Waals surface area contributed by atoms with Gasteiger partial charge in [0.15, 0.2) is 5.92 Å². The van der Waals surface area contributed by atoms with Crippen molar-refractivity contribution in [2.45, 2.75) is 0 Å². The highest BCUT2D eigenvalue weighted by atomic mass is 35.5. The molecule has 1 rings (SSSR count). The molecule has 0 saturated heterocycles. The molecule has 1 atom stereocenters. The fourth-order valence-corrected chi connectivity index (χ4v) is 1.62. The summed E-state index contributed by atoms with van der Waals surface area (Å²) in [6, 6.07) is 6.46. The van der Waals surface area contributed by atoms with Crippen LogP contribution in [0.3, 0.4) is 0 Å². The third-order valence-corrected chi connectivity index (χ3v) is 2.80. The van der Waals surface area contributed by atoms with Crippen LogP contribution in [0.4, 0.5) is 5.69 Å². The van der Waals surface area contributed by atoms with Crippen molar-refractivity contribution in [1.82, 2.24) is 5.32 Å². The Morgan fingerprint density at radius 1 is 1.55 bits per heavy atom. The standard InChI is InChI=1S/C13H12ClN3O3/c1-16-12(18)9-4-3-5-10(11(9)14)17-7-8(6-15)13(19)20-2/h3-5,7-8H,1-2H3,(H,16,18). The number of amides is 1. The highest BCUT2D eigenvalue weighted by molar-refractivity contribution is 6.36. The van der Waals surface area contributed by atoms with Crippen LogP contribution in [0, 0.1) is 17.2 Å². The van der Waals surface area contributed by atoms with E-state index in [2.05, 4.69) is 15.0 Å². The van der Waals surface area contributed by atoms with Crippen molar-refractivity contribution >= 4 is 35.4 Å². The molecular formula is C13H12ClN3O3. The average Bonchev–Trinajstić information content (AvgIpc) is 2.48. The van der Waals surface area contributed by atoms with Gasteiger partial charge in [0.25, 0.3) is 5.91 Å². The molecule has 104 valence electrons. The number of benzene rings is 1.